The number of nitrogens with one attached hydrogen (secondary N) is 1. The van der Waals surface area contributed by atoms with Crippen LogP contribution in [-0.4, -0.2) is 0 Å². The van der Waals surface area contributed by atoms with Crippen molar-refractivity contribution in [1.82, 2.24) is 0 Å². The lowest BCUT2D eigenvalue weighted by molar-refractivity contribution is 0.633. The van der Waals surface area contributed by atoms with Crippen LogP contribution in [0.3, 0.4) is 0 Å². The van der Waals surface area contributed by atoms with Crippen LogP contribution in [0.2, 0.25) is 5.02 Å². The maximum Gasteiger partial charge on any atom is 0.169 e. The van der Waals surface area contributed by atoms with Crippen molar-refractivity contribution in [2.45, 2.75) is 0 Å². The second kappa shape index (κ2) is 5.56. The monoisotopic (exact) mass is 407 g/mol. The Morgan fingerprint density at radius 3 is 2.47 bits per heavy atom. The number of anilines is 4. The molecule has 0 unspecified atom stereocenters. The van der Waals surface area contributed by atoms with E-state index in [-0.39, 0.29) is 22.1 Å². The van der Waals surface area contributed by atoms with E-state index in [0.29, 0.717) is 5.69 Å². The van der Waals surface area contributed by atoms with Gasteiger partial charge in [0, 0.05) is 8.95 Å². The third-order valence-corrected chi connectivity index (χ3v) is 4.02. The van der Waals surface area contributed by atoms with E-state index in [2.05, 4.69) is 37.2 Å². The third kappa shape index (κ3) is 2.96. The lowest BCUT2D eigenvalue weighted by Gasteiger charge is -2.14. The van der Waals surface area contributed by atoms with E-state index in [0.717, 1.165) is 8.95 Å². The van der Waals surface area contributed by atoms with Gasteiger partial charge in [0.15, 0.2) is 5.82 Å². The van der Waals surface area contributed by atoms with Gasteiger partial charge in [0.05, 0.1) is 22.7 Å². The summed E-state index contributed by atoms with van der Waals surface area (Å²) in [4.78, 5) is 0. The van der Waals surface area contributed by atoms with Crippen molar-refractivity contribution in [3.63, 3.8) is 0 Å². The first kappa shape index (κ1) is 14.4. The van der Waals surface area contributed by atoms with Gasteiger partial charge in [0.2, 0.25) is 0 Å². The van der Waals surface area contributed by atoms with Gasteiger partial charge in [-0.25, -0.2) is 4.39 Å². The molecule has 0 heterocycles. The minimum absolute atomic E-state index is 0.0954. The molecule has 0 amide bonds. The highest BCUT2D eigenvalue weighted by Gasteiger charge is 2.15. The highest BCUT2D eigenvalue weighted by Crippen LogP contribution is 2.37. The van der Waals surface area contributed by atoms with Crippen molar-refractivity contribution in [3.05, 3.63) is 44.1 Å². The highest BCUT2D eigenvalue weighted by atomic mass is 79.9. The molecule has 2 rings (SSSR count). The van der Waals surface area contributed by atoms with Crippen molar-refractivity contribution in [2.24, 2.45) is 0 Å². The molecule has 0 spiro atoms. The Labute approximate surface area is 131 Å². The fourth-order valence-electron chi connectivity index (χ4n) is 1.52. The second-order valence-corrected chi connectivity index (χ2v) is 5.96. The Kier molecular flexibility index (Phi) is 4.23. The summed E-state index contributed by atoms with van der Waals surface area (Å²) in [6.07, 6.45) is 0. The number of nitrogens with two attached hydrogens (primary N) is 2. The van der Waals surface area contributed by atoms with E-state index in [1.165, 1.54) is 6.07 Å². The quantitative estimate of drug-likeness (QED) is 0.618. The molecule has 0 aliphatic heterocycles. The van der Waals surface area contributed by atoms with E-state index in [1.54, 1.807) is 6.07 Å². The molecule has 0 radical (unpaired) electrons. The summed E-state index contributed by atoms with van der Waals surface area (Å²) in [6, 6.07) is 6.87. The molecule has 0 aromatic heterocycles. The zero-order valence-corrected chi connectivity index (χ0v) is 13.4. The molecule has 7 heteroatoms. The normalized spacial score (nSPS) is 10.5. The van der Waals surface area contributed by atoms with E-state index in [1.807, 2.05) is 12.1 Å². The van der Waals surface area contributed by atoms with E-state index in [4.69, 9.17) is 23.1 Å². The summed E-state index contributed by atoms with van der Waals surface area (Å²) >= 11 is 12.5. The lowest BCUT2D eigenvalue weighted by atomic mass is 10.2. The van der Waals surface area contributed by atoms with Crippen LogP contribution >= 0.6 is 43.5 Å². The Hall–Kier alpha value is -0.980. The molecule has 0 bridgehead atoms. The molecule has 100 valence electrons. The predicted octanol–water partition coefficient (Wildman–Crippen LogP) is 4.91. The second-order valence-electron chi connectivity index (χ2n) is 3.81. The van der Waals surface area contributed by atoms with Gasteiger partial charge in [-0.2, -0.15) is 0 Å². The molecule has 0 aliphatic carbocycles. The molecule has 0 aliphatic rings. The highest BCUT2D eigenvalue weighted by molar-refractivity contribution is 9.11. The predicted molar refractivity (Wildman–Crippen MR) is 85.4 cm³/mol. The molecule has 2 aromatic carbocycles. The topological polar surface area (TPSA) is 64.1 Å². The van der Waals surface area contributed by atoms with Gasteiger partial charge in [0.1, 0.15) is 5.02 Å². The first-order chi connectivity index (χ1) is 8.90. The third-order valence-electron chi connectivity index (χ3n) is 2.45. The van der Waals surface area contributed by atoms with Crippen LogP contribution in [0.4, 0.5) is 27.1 Å². The molecular formula is C12H9Br2ClFN3. The average Bonchev–Trinajstić information content (AvgIpc) is 2.36. The largest absolute Gasteiger partial charge is 0.397 e. The maximum absolute atomic E-state index is 14.1. The standard InChI is InChI=1S/C12H9Br2ClFN3/c13-5-1-2-6(14)9(3-5)19-12-8(18)4-7(17)10(15)11(12)16/h1-4,19H,17-18H2. The summed E-state index contributed by atoms with van der Waals surface area (Å²) in [6.45, 7) is 0. The summed E-state index contributed by atoms with van der Waals surface area (Å²) in [5, 5.41) is 2.75. The first-order valence-corrected chi connectivity index (χ1v) is 7.11. The zero-order valence-electron chi connectivity index (χ0n) is 9.48. The Morgan fingerprint density at radius 1 is 1.11 bits per heavy atom. The fourth-order valence-corrected chi connectivity index (χ4v) is 2.38. The Bertz CT molecular complexity index is 649. The zero-order chi connectivity index (χ0) is 14.2. The van der Waals surface area contributed by atoms with Crippen LogP contribution in [0.15, 0.2) is 33.2 Å². The first-order valence-electron chi connectivity index (χ1n) is 5.15. The summed E-state index contributed by atoms with van der Waals surface area (Å²) in [7, 11) is 0. The van der Waals surface area contributed by atoms with Gasteiger partial charge in [0.25, 0.3) is 0 Å². The van der Waals surface area contributed by atoms with Crippen molar-refractivity contribution < 1.29 is 4.39 Å². The molecular weight excluding hydrogens is 400 g/mol. The number of halogens is 4. The van der Waals surface area contributed by atoms with Gasteiger partial charge < -0.3 is 16.8 Å². The van der Waals surface area contributed by atoms with E-state index < -0.39 is 5.82 Å². The molecule has 0 saturated heterocycles. The summed E-state index contributed by atoms with van der Waals surface area (Å²) in [5.74, 6) is -0.675. The molecule has 2 aromatic rings. The minimum atomic E-state index is -0.675. The van der Waals surface area contributed by atoms with Crippen molar-refractivity contribution in [2.75, 3.05) is 16.8 Å². The average molecular weight is 409 g/mol. The lowest BCUT2D eigenvalue weighted by Crippen LogP contribution is -2.03. The minimum Gasteiger partial charge on any atom is -0.397 e. The van der Waals surface area contributed by atoms with Gasteiger partial charge in [-0.1, -0.05) is 27.5 Å². The van der Waals surface area contributed by atoms with Gasteiger partial charge in [-0.05, 0) is 40.2 Å². The molecule has 19 heavy (non-hydrogen) atoms. The van der Waals surface area contributed by atoms with Crippen LogP contribution in [0.5, 0.6) is 0 Å². The van der Waals surface area contributed by atoms with Crippen LogP contribution in [0, 0.1) is 5.82 Å². The molecule has 5 N–H and O–H groups in total. The molecule has 3 nitrogen and oxygen atoms in total. The Balaban J connectivity index is 2.49. The summed E-state index contributed by atoms with van der Waals surface area (Å²) < 4.78 is 15.7. The number of benzene rings is 2. The molecule has 0 saturated carbocycles. The van der Waals surface area contributed by atoms with Crippen molar-refractivity contribution in [1.29, 1.82) is 0 Å². The molecule has 0 atom stereocenters. The Morgan fingerprint density at radius 2 is 1.79 bits per heavy atom. The van der Waals surface area contributed by atoms with Crippen LogP contribution in [0.25, 0.3) is 0 Å². The van der Waals surface area contributed by atoms with E-state index >= 15 is 0 Å². The number of hydrogen-bond acceptors (Lipinski definition) is 3. The van der Waals surface area contributed by atoms with Crippen LogP contribution in [0.1, 0.15) is 0 Å². The van der Waals surface area contributed by atoms with Gasteiger partial charge >= 0.3 is 0 Å². The van der Waals surface area contributed by atoms with Crippen molar-refractivity contribution in [3.8, 4) is 0 Å². The molecule has 0 fully saturated rings. The number of nitrogen functional groups attached to an aromatic ring is 2. The summed E-state index contributed by atoms with van der Waals surface area (Å²) in [5.41, 5.74) is 12.3. The van der Waals surface area contributed by atoms with Crippen molar-refractivity contribution >= 4 is 66.2 Å². The smallest absolute Gasteiger partial charge is 0.169 e. The maximum atomic E-state index is 14.1. The SMILES string of the molecule is Nc1cc(N)c(Nc2cc(Br)ccc2Br)c(F)c1Cl. The number of hydrogen-bond donors (Lipinski definition) is 3. The van der Waals surface area contributed by atoms with Crippen LogP contribution in [-0.2, 0) is 0 Å². The van der Waals surface area contributed by atoms with Gasteiger partial charge in [-0.3, -0.25) is 0 Å². The fraction of sp³-hybridized carbons (Fsp3) is 0. The van der Waals surface area contributed by atoms with E-state index in [9.17, 15) is 4.39 Å². The number of rotatable bonds is 2. The van der Waals surface area contributed by atoms with Crippen LogP contribution < -0.4 is 16.8 Å². The van der Waals surface area contributed by atoms with Gasteiger partial charge in [-0.15, -0.1) is 0 Å².